The maximum atomic E-state index is 13.1. The highest BCUT2D eigenvalue weighted by atomic mass is 16.2. The number of benzene rings is 2. The van der Waals surface area contributed by atoms with Gasteiger partial charge in [0.25, 0.3) is 5.91 Å². The van der Waals surface area contributed by atoms with Gasteiger partial charge in [0.2, 0.25) is 5.91 Å². The summed E-state index contributed by atoms with van der Waals surface area (Å²) in [7, 11) is 0. The Kier molecular flexibility index (Phi) is 5.42. The van der Waals surface area contributed by atoms with Crippen molar-refractivity contribution in [3.8, 4) is 5.69 Å². The van der Waals surface area contributed by atoms with E-state index in [4.69, 9.17) is 0 Å². The first-order chi connectivity index (χ1) is 14.1. The van der Waals surface area contributed by atoms with Gasteiger partial charge < -0.3 is 10.2 Å². The van der Waals surface area contributed by atoms with E-state index < -0.39 is 0 Å². The standard InChI is InChI=1S/C23H24N4O2/c1-17-8-10-20(11-9-17)25-22(28)19-6-3-13-26(16-19)23(29)18-5-2-7-21(15-18)27-14-4-12-24-27/h2,4-5,7-12,14-15,19H,3,6,13,16H2,1H3,(H,25,28). The predicted molar refractivity (Wildman–Crippen MR) is 112 cm³/mol. The second-order valence-corrected chi connectivity index (χ2v) is 7.45. The van der Waals surface area contributed by atoms with E-state index in [0.717, 1.165) is 29.8 Å². The smallest absolute Gasteiger partial charge is 0.253 e. The van der Waals surface area contributed by atoms with Crippen LogP contribution in [0.5, 0.6) is 0 Å². The molecule has 1 saturated heterocycles. The number of aromatic nitrogens is 2. The van der Waals surface area contributed by atoms with Gasteiger partial charge in [0.15, 0.2) is 0 Å². The van der Waals surface area contributed by atoms with Crippen molar-refractivity contribution in [1.82, 2.24) is 14.7 Å². The molecule has 1 aliphatic heterocycles. The highest BCUT2D eigenvalue weighted by Gasteiger charge is 2.29. The Morgan fingerprint density at radius 3 is 2.69 bits per heavy atom. The molecule has 6 heteroatoms. The Bertz CT molecular complexity index is 996. The Morgan fingerprint density at radius 1 is 1.10 bits per heavy atom. The maximum Gasteiger partial charge on any atom is 0.253 e. The Hall–Kier alpha value is -3.41. The predicted octanol–water partition coefficient (Wildman–Crippen LogP) is 3.67. The van der Waals surface area contributed by atoms with Crippen molar-refractivity contribution < 1.29 is 9.59 Å². The molecule has 1 atom stereocenters. The summed E-state index contributed by atoms with van der Waals surface area (Å²) in [6, 6.07) is 17.0. The number of carbonyl (C=O) groups is 2. The Labute approximate surface area is 170 Å². The number of aryl methyl sites for hydroxylation is 1. The van der Waals surface area contributed by atoms with Gasteiger partial charge in [-0.1, -0.05) is 23.8 Å². The van der Waals surface area contributed by atoms with Crippen LogP contribution in [0.3, 0.4) is 0 Å². The molecular formula is C23H24N4O2. The number of carbonyl (C=O) groups excluding carboxylic acids is 2. The normalized spacial score (nSPS) is 16.4. The lowest BCUT2D eigenvalue weighted by molar-refractivity contribution is -0.121. The van der Waals surface area contributed by atoms with Gasteiger partial charge in [-0.2, -0.15) is 5.10 Å². The van der Waals surface area contributed by atoms with Crippen molar-refractivity contribution in [2.75, 3.05) is 18.4 Å². The number of amides is 2. The number of nitrogens with one attached hydrogen (secondary N) is 1. The molecule has 1 aromatic heterocycles. The Balaban J connectivity index is 1.44. The van der Waals surface area contributed by atoms with E-state index in [1.807, 2.05) is 67.7 Å². The van der Waals surface area contributed by atoms with Gasteiger partial charge >= 0.3 is 0 Å². The van der Waals surface area contributed by atoms with Crippen LogP contribution in [0, 0.1) is 12.8 Å². The minimum Gasteiger partial charge on any atom is -0.338 e. The van der Waals surface area contributed by atoms with E-state index in [1.165, 1.54) is 0 Å². The average Bonchev–Trinajstić information content (AvgIpc) is 3.30. The summed E-state index contributed by atoms with van der Waals surface area (Å²) in [5.74, 6) is -0.285. The highest BCUT2D eigenvalue weighted by Crippen LogP contribution is 2.21. The van der Waals surface area contributed by atoms with Crippen LogP contribution in [-0.2, 0) is 4.79 Å². The van der Waals surface area contributed by atoms with E-state index in [1.54, 1.807) is 15.8 Å². The lowest BCUT2D eigenvalue weighted by Crippen LogP contribution is -2.43. The van der Waals surface area contributed by atoms with E-state index in [-0.39, 0.29) is 17.7 Å². The number of piperidine rings is 1. The van der Waals surface area contributed by atoms with Gasteiger partial charge in [-0.25, -0.2) is 4.68 Å². The molecule has 2 aromatic carbocycles. The second-order valence-electron chi connectivity index (χ2n) is 7.45. The zero-order chi connectivity index (χ0) is 20.2. The molecule has 29 heavy (non-hydrogen) atoms. The third-order valence-corrected chi connectivity index (χ3v) is 5.26. The number of likely N-dealkylation sites (tertiary alicyclic amines) is 1. The number of hydrogen-bond donors (Lipinski definition) is 1. The van der Waals surface area contributed by atoms with Gasteiger partial charge in [-0.05, 0) is 56.2 Å². The SMILES string of the molecule is Cc1ccc(NC(=O)C2CCCN(C(=O)c3cccc(-n4cccn4)c3)C2)cc1. The molecule has 1 N–H and O–H groups in total. The minimum atomic E-state index is -0.205. The summed E-state index contributed by atoms with van der Waals surface area (Å²) in [4.78, 5) is 27.5. The zero-order valence-electron chi connectivity index (χ0n) is 16.4. The van der Waals surface area contributed by atoms with Crippen LogP contribution < -0.4 is 5.32 Å². The van der Waals surface area contributed by atoms with Crippen LogP contribution in [0.1, 0.15) is 28.8 Å². The lowest BCUT2D eigenvalue weighted by atomic mass is 9.96. The van der Waals surface area contributed by atoms with Gasteiger partial charge in [0.1, 0.15) is 0 Å². The quantitative estimate of drug-likeness (QED) is 0.742. The first-order valence-corrected chi connectivity index (χ1v) is 9.87. The zero-order valence-corrected chi connectivity index (χ0v) is 16.4. The van der Waals surface area contributed by atoms with E-state index in [0.29, 0.717) is 18.7 Å². The fourth-order valence-electron chi connectivity index (χ4n) is 3.64. The Morgan fingerprint density at radius 2 is 1.93 bits per heavy atom. The van der Waals surface area contributed by atoms with Crippen molar-refractivity contribution in [3.05, 3.63) is 78.1 Å². The third-order valence-electron chi connectivity index (χ3n) is 5.26. The fourth-order valence-corrected chi connectivity index (χ4v) is 3.64. The molecule has 1 unspecified atom stereocenters. The molecule has 2 amide bonds. The molecule has 1 aliphatic rings. The van der Waals surface area contributed by atoms with Gasteiger partial charge in [0.05, 0.1) is 11.6 Å². The van der Waals surface area contributed by atoms with Gasteiger partial charge in [0, 0.05) is 36.7 Å². The van der Waals surface area contributed by atoms with Crippen molar-refractivity contribution in [2.24, 2.45) is 5.92 Å². The van der Waals surface area contributed by atoms with E-state index in [9.17, 15) is 9.59 Å². The molecule has 0 radical (unpaired) electrons. The summed E-state index contributed by atoms with van der Waals surface area (Å²) in [5, 5.41) is 7.20. The molecular weight excluding hydrogens is 364 g/mol. The van der Waals surface area contributed by atoms with Crippen molar-refractivity contribution in [2.45, 2.75) is 19.8 Å². The summed E-state index contributed by atoms with van der Waals surface area (Å²) >= 11 is 0. The summed E-state index contributed by atoms with van der Waals surface area (Å²) < 4.78 is 1.73. The molecule has 0 saturated carbocycles. The topological polar surface area (TPSA) is 67.2 Å². The molecule has 3 aromatic rings. The summed E-state index contributed by atoms with van der Waals surface area (Å²) in [6.45, 7) is 3.11. The summed E-state index contributed by atoms with van der Waals surface area (Å²) in [5.41, 5.74) is 3.38. The first-order valence-electron chi connectivity index (χ1n) is 9.87. The molecule has 4 rings (SSSR count). The average molecular weight is 388 g/mol. The van der Waals surface area contributed by atoms with Crippen LogP contribution in [0.2, 0.25) is 0 Å². The number of hydrogen-bond acceptors (Lipinski definition) is 3. The third kappa shape index (κ3) is 4.37. The molecule has 148 valence electrons. The molecule has 6 nitrogen and oxygen atoms in total. The lowest BCUT2D eigenvalue weighted by Gasteiger charge is -2.32. The van der Waals surface area contributed by atoms with Crippen LogP contribution >= 0.6 is 0 Å². The highest BCUT2D eigenvalue weighted by molar-refractivity contribution is 5.96. The molecule has 0 aliphatic carbocycles. The van der Waals surface area contributed by atoms with Crippen molar-refractivity contribution in [3.63, 3.8) is 0 Å². The number of nitrogens with zero attached hydrogens (tertiary/aromatic N) is 3. The second kappa shape index (κ2) is 8.31. The number of anilines is 1. The summed E-state index contributed by atoms with van der Waals surface area (Å²) in [6.07, 6.45) is 5.15. The van der Waals surface area contributed by atoms with Crippen molar-refractivity contribution >= 4 is 17.5 Å². The molecule has 0 bridgehead atoms. The maximum absolute atomic E-state index is 13.1. The van der Waals surface area contributed by atoms with E-state index >= 15 is 0 Å². The van der Waals surface area contributed by atoms with Crippen molar-refractivity contribution in [1.29, 1.82) is 0 Å². The van der Waals surface area contributed by atoms with Crippen LogP contribution in [0.4, 0.5) is 5.69 Å². The van der Waals surface area contributed by atoms with Crippen LogP contribution in [0.15, 0.2) is 67.0 Å². The van der Waals surface area contributed by atoms with E-state index in [2.05, 4.69) is 10.4 Å². The van der Waals surface area contributed by atoms with Crippen LogP contribution in [-0.4, -0.2) is 39.6 Å². The minimum absolute atomic E-state index is 0.0309. The van der Waals surface area contributed by atoms with Gasteiger partial charge in [-0.15, -0.1) is 0 Å². The molecule has 1 fully saturated rings. The largest absolute Gasteiger partial charge is 0.338 e. The number of rotatable bonds is 4. The fraction of sp³-hybridized carbons (Fsp3) is 0.261. The molecule has 0 spiro atoms. The van der Waals surface area contributed by atoms with Crippen LogP contribution in [0.25, 0.3) is 5.69 Å². The monoisotopic (exact) mass is 388 g/mol. The first kappa shape index (κ1) is 18.9. The molecule has 2 heterocycles. The van der Waals surface area contributed by atoms with Gasteiger partial charge in [-0.3, -0.25) is 9.59 Å².